The highest BCUT2D eigenvalue weighted by molar-refractivity contribution is 7.92. The lowest BCUT2D eigenvalue weighted by Crippen LogP contribution is -2.53. The molecule has 0 saturated carbocycles. The highest BCUT2D eigenvalue weighted by Gasteiger charge is 2.35. The van der Waals surface area contributed by atoms with Gasteiger partial charge in [-0.25, -0.2) is 8.42 Å². The molecule has 0 radical (unpaired) electrons. The molecule has 0 aliphatic rings. The fourth-order valence-corrected chi connectivity index (χ4v) is 6.66. The number of carbonyl (C=O) groups excluding carboxylic acids is 2. The molecule has 218 valence electrons. The molecule has 0 aliphatic heterocycles. The minimum absolute atomic E-state index is 0.0337. The number of carbonyl (C=O) groups is 2. The lowest BCUT2D eigenvalue weighted by Gasteiger charge is -2.34. The molecular weight excluding hydrogens is 617 g/mol. The van der Waals surface area contributed by atoms with Crippen molar-refractivity contribution in [3.8, 4) is 0 Å². The van der Waals surface area contributed by atoms with E-state index in [1.54, 1.807) is 42.5 Å². The van der Waals surface area contributed by atoms with Gasteiger partial charge in [0.25, 0.3) is 10.0 Å². The Morgan fingerprint density at radius 1 is 0.810 bits per heavy atom. The molecule has 0 bridgehead atoms. The standard InChI is InChI=1S/C31H28Cl3N3O4S/c1-35-31(39)29(18-22-10-4-2-5-11-22)36(20-23-12-8-9-15-26(23)33)30(38)21-37(28-17-16-24(32)19-27(28)34)42(40,41)25-13-6-3-7-14-25/h2-17,19,29H,18,20-21H2,1H3,(H,35,39)/t29-/m0/s1. The van der Waals surface area contributed by atoms with Crippen molar-refractivity contribution >= 4 is 62.3 Å². The van der Waals surface area contributed by atoms with Crippen LogP contribution in [0, 0.1) is 0 Å². The summed E-state index contributed by atoms with van der Waals surface area (Å²) in [5, 5.41) is 3.39. The summed E-state index contributed by atoms with van der Waals surface area (Å²) in [7, 11) is -2.79. The van der Waals surface area contributed by atoms with Gasteiger partial charge in [0.15, 0.2) is 0 Å². The molecule has 0 spiro atoms. The monoisotopic (exact) mass is 643 g/mol. The molecule has 42 heavy (non-hydrogen) atoms. The van der Waals surface area contributed by atoms with Gasteiger partial charge in [-0.15, -0.1) is 0 Å². The molecule has 0 unspecified atom stereocenters. The maximum Gasteiger partial charge on any atom is 0.264 e. The van der Waals surface area contributed by atoms with Crippen molar-refractivity contribution in [1.82, 2.24) is 10.2 Å². The van der Waals surface area contributed by atoms with Crippen LogP contribution in [-0.4, -0.2) is 44.8 Å². The zero-order valence-corrected chi connectivity index (χ0v) is 25.7. The first-order valence-corrected chi connectivity index (χ1v) is 15.5. The molecule has 7 nitrogen and oxygen atoms in total. The Hall–Kier alpha value is -3.56. The van der Waals surface area contributed by atoms with Crippen LogP contribution in [0.1, 0.15) is 11.1 Å². The van der Waals surface area contributed by atoms with E-state index in [-0.39, 0.29) is 28.6 Å². The largest absolute Gasteiger partial charge is 0.357 e. The first-order chi connectivity index (χ1) is 20.1. The van der Waals surface area contributed by atoms with Crippen LogP contribution in [0.15, 0.2) is 108 Å². The number of amides is 2. The van der Waals surface area contributed by atoms with E-state index < -0.39 is 34.4 Å². The summed E-state index contributed by atoms with van der Waals surface area (Å²) in [5.41, 5.74) is 1.48. The van der Waals surface area contributed by atoms with Gasteiger partial charge in [0, 0.05) is 30.1 Å². The van der Waals surface area contributed by atoms with Gasteiger partial charge in [0.05, 0.1) is 15.6 Å². The van der Waals surface area contributed by atoms with Crippen LogP contribution in [0.2, 0.25) is 15.1 Å². The average molecular weight is 645 g/mol. The Bertz CT molecular complexity index is 1650. The molecule has 2 amide bonds. The van der Waals surface area contributed by atoms with Gasteiger partial charge < -0.3 is 10.2 Å². The Balaban J connectivity index is 1.81. The van der Waals surface area contributed by atoms with E-state index in [9.17, 15) is 18.0 Å². The summed E-state index contributed by atoms with van der Waals surface area (Å²) in [6.45, 7) is -0.692. The quantitative estimate of drug-likeness (QED) is 0.210. The third-order valence-corrected chi connectivity index (χ3v) is 9.29. The van der Waals surface area contributed by atoms with E-state index in [2.05, 4.69) is 5.32 Å². The van der Waals surface area contributed by atoms with Crippen molar-refractivity contribution < 1.29 is 18.0 Å². The molecule has 4 rings (SSSR count). The SMILES string of the molecule is CNC(=O)[C@H](Cc1ccccc1)N(Cc1ccccc1Cl)C(=O)CN(c1ccc(Cl)cc1Cl)S(=O)(=O)c1ccccc1. The second kappa shape index (κ2) is 14.1. The molecule has 0 saturated heterocycles. The number of nitrogens with zero attached hydrogens (tertiary/aromatic N) is 2. The summed E-state index contributed by atoms with van der Waals surface area (Å²) in [6.07, 6.45) is 0.184. The van der Waals surface area contributed by atoms with E-state index in [1.807, 2.05) is 30.3 Å². The predicted octanol–water partition coefficient (Wildman–Crippen LogP) is 6.23. The second-order valence-corrected chi connectivity index (χ2v) is 12.5. The fourth-order valence-electron chi connectivity index (χ4n) is 4.45. The molecule has 0 fully saturated rings. The van der Waals surface area contributed by atoms with Crippen LogP contribution in [-0.2, 0) is 32.6 Å². The van der Waals surface area contributed by atoms with Gasteiger partial charge >= 0.3 is 0 Å². The summed E-state index contributed by atoms with van der Waals surface area (Å²) in [4.78, 5) is 28.9. The van der Waals surface area contributed by atoms with Crippen LogP contribution in [0.3, 0.4) is 0 Å². The van der Waals surface area contributed by atoms with Gasteiger partial charge in [0.2, 0.25) is 11.8 Å². The molecule has 1 atom stereocenters. The molecule has 4 aromatic rings. The Labute approximate surface area is 260 Å². The highest BCUT2D eigenvalue weighted by Crippen LogP contribution is 2.33. The van der Waals surface area contributed by atoms with Crippen LogP contribution in [0.5, 0.6) is 0 Å². The number of nitrogens with one attached hydrogen (secondary N) is 1. The second-order valence-electron chi connectivity index (χ2n) is 9.35. The summed E-state index contributed by atoms with van der Waals surface area (Å²) < 4.78 is 28.8. The zero-order chi connectivity index (χ0) is 30.3. The van der Waals surface area contributed by atoms with Crippen LogP contribution >= 0.6 is 34.8 Å². The first kappa shape index (κ1) is 31.4. The van der Waals surface area contributed by atoms with E-state index in [1.165, 1.54) is 42.3 Å². The molecule has 1 N–H and O–H groups in total. The number of sulfonamides is 1. The number of hydrogen-bond acceptors (Lipinski definition) is 4. The third-order valence-electron chi connectivity index (χ3n) is 6.60. The van der Waals surface area contributed by atoms with Crippen molar-refractivity contribution in [2.24, 2.45) is 0 Å². The topological polar surface area (TPSA) is 86.8 Å². The van der Waals surface area contributed by atoms with Gasteiger partial charge in [-0.2, -0.15) is 0 Å². The van der Waals surface area contributed by atoms with E-state index in [0.717, 1.165) is 9.87 Å². The minimum atomic E-state index is -4.28. The number of hydrogen-bond donors (Lipinski definition) is 1. The van der Waals surface area contributed by atoms with Crippen LogP contribution in [0.25, 0.3) is 0 Å². The average Bonchev–Trinajstić information content (AvgIpc) is 2.99. The molecule has 0 aromatic heterocycles. The smallest absolute Gasteiger partial charge is 0.264 e. The zero-order valence-electron chi connectivity index (χ0n) is 22.6. The number of anilines is 1. The third kappa shape index (κ3) is 7.44. The van der Waals surface area contributed by atoms with Crippen molar-refractivity contribution in [2.45, 2.75) is 23.9 Å². The minimum Gasteiger partial charge on any atom is -0.357 e. The maximum atomic E-state index is 14.3. The summed E-state index contributed by atoms with van der Waals surface area (Å²) >= 11 is 19.0. The molecule has 0 aliphatic carbocycles. The van der Waals surface area contributed by atoms with Gasteiger partial charge in [-0.1, -0.05) is 102 Å². The lowest BCUT2D eigenvalue weighted by molar-refractivity contribution is -0.139. The van der Waals surface area contributed by atoms with Gasteiger partial charge in [-0.3, -0.25) is 13.9 Å². The highest BCUT2D eigenvalue weighted by atomic mass is 35.5. The van der Waals surface area contributed by atoms with Crippen LogP contribution in [0.4, 0.5) is 5.69 Å². The van der Waals surface area contributed by atoms with Crippen molar-refractivity contribution in [1.29, 1.82) is 0 Å². The normalized spacial score (nSPS) is 11.9. The molecule has 0 heterocycles. The van der Waals surface area contributed by atoms with Gasteiger partial charge in [-0.05, 0) is 47.5 Å². The van der Waals surface area contributed by atoms with Crippen LogP contribution < -0.4 is 9.62 Å². The Morgan fingerprint density at radius 2 is 1.43 bits per heavy atom. The number of likely N-dealkylation sites (N-methyl/N-ethyl adjacent to an activating group) is 1. The molecule has 4 aromatic carbocycles. The maximum absolute atomic E-state index is 14.3. The number of benzene rings is 4. The Morgan fingerprint density at radius 3 is 2.05 bits per heavy atom. The van der Waals surface area contributed by atoms with Crippen molar-refractivity contribution in [2.75, 3.05) is 17.9 Å². The summed E-state index contributed by atoms with van der Waals surface area (Å²) in [5.74, 6) is -1.05. The first-order valence-electron chi connectivity index (χ1n) is 12.9. The molecular formula is C31H28Cl3N3O4S. The molecule has 11 heteroatoms. The van der Waals surface area contributed by atoms with E-state index in [0.29, 0.717) is 15.6 Å². The van der Waals surface area contributed by atoms with Crippen molar-refractivity contribution in [3.05, 3.63) is 129 Å². The van der Waals surface area contributed by atoms with Crippen molar-refractivity contribution in [3.63, 3.8) is 0 Å². The number of rotatable bonds is 11. The van der Waals surface area contributed by atoms with Gasteiger partial charge in [0.1, 0.15) is 12.6 Å². The predicted molar refractivity (Wildman–Crippen MR) is 167 cm³/mol. The lowest BCUT2D eigenvalue weighted by atomic mass is 10.0. The number of halogens is 3. The fraction of sp³-hybridized carbons (Fsp3) is 0.161. The van der Waals surface area contributed by atoms with E-state index in [4.69, 9.17) is 34.8 Å². The summed E-state index contributed by atoms with van der Waals surface area (Å²) in [6, 6.07) is 27.3. The van der Waals surface area contributed by atoms with E-state index >= 15 is 0 Å². The Kier molecular flexibility index (Phi) is 10.5.